The first-order valence-electron chi connectivity index (χ1n) is 8.15. The molecule has 0 aromatic heterocycles. The molecule has 2 rings (SSSR count). The van der Waals surface area contributed by atoms with Crippen LogP contribution in [-0.2, 0) is 4.79 Å². The maximum absolute atomic E-state index is 12.4. The molecule has 25 heavy (non-hydrogen) atoms. The number of fused-ring (bicyclic) bond motifs is 1. The molecule has 0 fully saturated rings. The average Bonchev–Trinajstić information content (AvgIpc) is 2.78. The highest BCUT2D eigenvalue weighted by molar-refractivity contribution is 6.24. The minimum Gasteiger partial charge on any atom is -0.352 e. The molecule has 3 amide bonds. The van der Waals surface area contributed by atoms with Crippen molar-refractivity contribution in [3.05, 3.63) is 39.4 Å². The highest BCUT2D eigenvalue weighted by atomic mass is 16.6. The highest BCUT2D eigenvalue weighted by Gasteiger charge is 2.41. The number of rotatable bonds is 7. The lowest BCUT2D eigenvalue weighted by Gasteiger charge is -2.18. The largest absolute Gasteiger partial charge is 0.352 e. The number of amides is 3. The lowest BCUT2D eigenvalue weighted by atomic mass is 10.0. The highest BCUT2D eigenvalue weighted by Crippen LogP contribution is 2.30. The molecule has 1 atom stereocenters. The molecule has 134 valence electrons. The Bertz CT molecular complexity index is 729. The first-order valence-corrected chi connectivity index (χ1v) is 8.15. The van der Waals surface area contributed by atoms with Crippen LogP contribution in [0.25, 0.3) is 0 Å². The fourth-order valence-corrected chi connectivity index (χ4v) is 2.73. The van der Waals surface area contributed by atoms with Gasteiger partial charge in [0, 0.05) is 12.1 Å². The van der Waals surface area contributed by atoms with Crippen LogP contribution in [0.3, 0.4) is 0 Å². The van der Waals surface area contributed by atoms with E-state index in [1.807, 2.05) is 6.92 Å². The zero-order chi connectivity index (χ0) is 18.7. The molecule has 0 saturated carbocycles. The van der Waals surface area contributed by atoms with Gasteiger partial charge in [0.2, 0.25) is 5.91 Å². The van der Waals surface area contributed by atoms with Crippen molar-refractivity contribution in [2.24, 2.45) is 5.92 Å². The zero-order valence-electron chi connectivity index (χ0n) is 14.4. The van der Waals surface area contributed by atoms with Crippen molar-refractivity contribution in [2.75, 3.05) is 6.54 Å². The van der Waals surface area contributed by atoms with Gasteiger partial charge in [0.1, 0.15) is 12.1 Å². The summed E-state index contributed by atoms with van der Waals surface area (Å²) in [6, 6.07) is 3.78. The molecular formula is C17H21N3O5. The van der Waals surface area contributed by atoms with Gasteiger partial charge in [-0.2, -0.15) is 0 Å². The van der Waals surface area contributed by atoms with E-state index >= 15 is 0 Å². The van der Waals surface area contributed by atoms with Crippen molar-refractivity contribution >= 4 is 23.4 Å². The van der Waals surface area contributed by atoms with Crippen LogP contribution in [0.4, 0.5) is 5.69 Å². The summed E-state index contributed by atoms with van der Waals surface area (Å²) in [7, 11) is 0. The van der Waals surface area contributed by atoms with Crippen molar-refractivity contribution in [1.82, 2.24) is 10.2 Å². The minimum atomic E-state index is -0.808. The number of nitrogens with zero attached hydrogens (tertiary/aromatic N) is 2. The van der Waals surface area contributed by atoms with E-state index < -0.39 is 34.9 Å². The number of carbonyl (C=O) groups excluding carboxylic acids is 3. The van der Waals surface area contributed by atoms with Gasteiger partial charge in [0.15, 0.2) is 0 Å². The van der Waals surface area contributed by atoms with E-state index in [9.17, 15) is 24.5 Å². The third kappa shape index (κ3) is 4.01. The number of imide groups is 1. The van der Waals surface area contributed by atoms with Crippen molar-refractivity contribution in [1.29, 1.82) is 0 Å². The van der Waals surface area contributed by atoms with Crippen LogP contribution in [0.15, 0.2) is 18.2 Å². The van der Waals surface area contributed by atoms with Crippen molar-refractivity contribution in [3.63, 3.8) is 0 Å². The van der Waals surface area contributed by atoms with E-state index in [0.29, 0.717) is 5.92 Å². The Labute approximate surface area is 145 Å². The summed E-state index contributed by atoms with van der Waals surface area (Å²) in [6.45, 7) is 5.57. The van der Waals surface area contributed by atoms with Crippen LogP contribution in [0.1, 0.15) is 54.3 Å². The Kier molecular flexibility index (Phi) is 5.51. The topological polar surface area (TPSA) is 110 Å². The molecule has 1 aliphatic heterocycles. The molecule has 1 heterocycles. The predicted octanol–water partition coefficient (Wildman–Crippen LogP) is 2.13. The monoisotopic (exact) mass is 347 g/mol. The standard InChI is InChI=1S/C17H21N3O5/c1-10(2)7-8-11(3)18-14(21)9-19-16(22)12-5-4-6-13(20(24)25)15(12)17(19)23/h4-6,10-11H,7-9H2,1-3H3,(H,18,21)/t11-/m0/s1. The van der Waals surface area contributed by atoms with Crippen LogP contribution >= 0.6 is 0 Å². The fourth-order valence-electron chi connectivity index (χ4n) is 2.73. The molecule has 1 aliphatic rings. The third-order valence-corrected chi connectivity index (χ3v) is 4.06. The number of carbonyl (C=O) groups is 3. The van der Waals surface area contributed by atoms with Crippen molar-refractivity contribution in [3.8, 4) is 0 Å². The number of nitro benzene ring substituents is 1. The summed E-state index contributed by atoms with van der Waals surface area (Å²) in [5.74, 6) is -1.45. The van der Waals surface area contributed by atoms with Gasteiger partial charge in [-0.1, -0.05) is 19.9 Å². The van der Waals surface area contributed by atoms with Crippen LogP contribution in [0.5, 0.6) is 0 Å². The smallest absolute Gasteiger partial charge is 0.282 e. The van der Waals surface area contributed by atoms with Crippen LogP contribution in [-0.4, -0.2) is 40.1 Å². The Morgan fingerprint density at radius 2 is 1.88 bits per heavy atom. The van der Waals surface area contributed by atoms with Gasteiger partial charge < -0.3 is 5.32 Å². The van der Waals surface area contributed by atoms with E-state index in [0.717, 1.165) is 17.7 Å². The number of nitrogens with one attached hydrogen (secondary N) is 1. The van der Waals surface area contributed by atoms with Gasteiger partial charge in [-0.25, -0.2) is 0 Å². The summed E-state index contributed by atoms with van der Waals surface area (Å²) < 4.78 is 0. The van der Waals surface area contributed by atoms with Gasteiger partial charge >= 0.3 is 0 Å². The lowest BCUT2D eigenvalue weighted by Crippen LogP contribution is -2.43. The Balaban J connectivity index is 2.08. The van der Waals surface area contributed by atoms with E-state index in [1.165, 1.54) is 18.2 Å². The van der Waals surface area contributed by atoms with Crippen LogP contribution in [0, 0.1) is 16.0 Å². The summed E-state index contributed by atoms with van der Waals surface area (Å²) in [5, 5.41) is 13.8. The van der Waals surface area contributed by atoms with Gasteiger partial charge in [0.05, 0.1) is 10.5 Å². The normalized spacial score (nSPS) is 14.6. The third-order valence-electron chi connectivity index (χ3n) is 4.06. The van der Waals surface area contributed by atoms with E-state index in [2.05, 4.69) is 19.2 Å². The van der Waals surface area contributed by atoms with Gasteiger partial charge in [0.25, 0.3) is 17.5 Å². The first kappa shape index (κ1) is 18.6. The number of benzene rings is 1. The second kappa shape index (κ2) is 7.42. The second-order valence-electron chi connectivity index (χ2n) is 6.59. The molecule has 0 radical (unpaired) electrons. The predicted molar refractivity (Wildman–Crippen MR) is 90.1 cm³/mol. The quantitative estimate of drug-likeness (QED) is 0.461. The molecule has 0 saturated heterocycles. The summed E-state index contributed by atoms with van der Waals surface area (Å²) in [4.78, 5) is 47.9. The number of hydrogen-bond acceptors (Lipinski definition) is 5. The molecule has 8 nitrogen and oxygen atoms in total. The molecular weight excluding hydrogens is 326 g/mol. The number of nitro groups is 1. The molecule has 8 heteroatoms. The second-order valence-corrected chi connectivity index (χ2v) is 6.59. The summed E-state index contributed by atoms with van der Waals surface area (Å²) >= 11 is 0. The summed E-state index contributed by atoms with van der Waals surface area (Å²) in [6.07, 6.45) is 1.73. The SMILES string of the molecule is CC(C)CC[C@H](C)NC(=O)CN1C(=O)c2cccc([N+](=O)[O-])c2C1=O. The maximum atomic E-state index is 12.4. The van der Waals surface area contributed by atoms with Crippen LogP contribution < -0.4 is 5.32 Å². The molecule has 0 unspecified atom stereocenters. The van der Waals surface area contributed by atoms with E-state index in [4.69, 9.17) is 0 Å². The van der Waals surface area contributed by atoms with Crippen molar-refractivity contribution in [2.45, 2.75) is 39.7 Å². The first-order chi connectivity index (χ1) is 11.7. The molecule has 1 aromatic rings. The average molecular weight is 347 g/mol. The lowest BCUT2D eigenvalue weighted by molar-refractivity contribution is -0.385. The molecule has 0 aliphatic carbocycles. The minimum absolute atomic E-state index is 0.0418. The molecule has 1 N–H and O–H groups in total. The molecule has 1 aromatic carbocycles. The van der Waals surface area contributed by atoms with Gasteiger partial charge in [-0.05, 0) is 31.7 Å². The molecule has 0 bridgehead atoms. The van der Waals surface area contributed by atoms with E-state index in [1.54, 1.807) is 0 Å². The van der Waals surface area contributed by atoms with Gasteiger partial charge in [-0.3, -0.25) is 29.4 Å². The number of hydrogen-bond donors (Lipinski definition) is 1. The molecule has 0 spiro atoms. The Morgan fingerprint density at radius 3 is 2.48 bits per heavy atom. The Morgan fingerprint density at radius 1 is 1.20 bits per heavy atom. The fraction of sp³-hybridized carbons (Fsp3) is 0.471. The van der Waals surface area contributed by atoms with Gasteiger partial charge in [-0.15, -0.1) is 0 Å². The summed E-state index contributed by atoms with van der Waals surface area (Å²) in [5.41, 5.74) is -0.720. The zero-order valence-corrected chi connectivity index (χ0v) is 14.4. The van der Waals surface area contributed by atoms with E-state index in [-0.39, 0.29) is 17.2 Å². The Hall–Kier alpha value is -2.77. The van der Waals surface area contributed by atoms with Crippen LogP contribution in [0.2, 0.25) is 0 Å². The van der Waals surface area contributed by atoms with Crippen molar-refractivity contribution < 1.29 is 19.3 Å². The maximum Gasteiger partial charge on any atom is 0.282 e.